The van der Waals surface area contributed by atoms with Crippen molar-refractivity contribution < 1.29 is 14.3 Å². The average Bonchev–Trinajstić information content (AvgIpc) is 2.29. The molecule has 1 N–H and O–H groups in total. The molecule has 2 aromatic rings. The standard InChI is InChI=1S/C15H12ClFO2/c1-8-5-11(17)6-9(2)14(8)10-3-4-13(16)12(7-10)15(18)19/h3-7H,1-2H3,(H,18,19). The van der Waals surface area contributed by atoms with Crippen molar-refractivity contribution in [1.29, 1.82) is 0 Å². The Balaban J connectivity index is 2.66. The van der Waals surface area contributed by atoms with E-state index in [9.17, 15) is 9.18 Å². The third-order valence-corrected chi connectivity index (χ3v) is 3.31. The van der Waals surface area contributed by atoms with Gasteiger partial charge in [0.15, 0.2) is 0 Å². The SMILES string of the molecule is Cc1cc(F)cc(C)c1-c1ccc(Cl)c(C(=O)O)c1. The molecule has 98 valence electrons. The lowest BCUT2D eigenvalue weighted by atomic mass is 9.94. The zero-order chi connectivity index (χ0) is 14.2. The largest absolute Gasteiger partial charge is 0.478 e. The number of hydrogen-bond acceptors (Lipinski definition) is 1. The van der Waals surface area contributed by atoms with Crippen LogP contribution in [0.3, 0.4) is 0 Å². The maximum atomic E-state index is 13.3. The van der Waals surface area contributed by atoms with Gasteiger partial charge in [-0.3, -0.25) is 0 Å². The number of rotatable bonds is 2. The second kappa shape index (κ2) is 5.02. The first-order valence-electron chi connectivity index (χ1n) is 5.70. The van der Waals surface area contributed by atoms with Crippen LogP contribution in [-0.4, -0.2) is 11.1 Å². The first kappa shape index (κ1) is 13.6. The molecule has 0 aromatic heterocycles. The zero-order valence-corrected chi connectivity index (χ0v) is 11.3. The van der Waals surface area contributed by atoms with Gasteiger partial charge in [-0.2, -0.15) is 0 Å². The van der Waals surface area contributed by atoms with Crippen LogP contribution >= 0.6 is 11.6 Å². The molecule has 0 saturated carbocycles. The van der Waals surface area contributed by atoms with E-state index in [1.54, 1.807) is 26.0 Å². The van der Waals surface area contributed by atoms with Crippen molar-refractivity contribution in [3.8, 4) is 11.1 Å². The second-order valence-electron chi connectivity index (χ2n) is 4.41. The molecule has 0 bridgehead atoms. The highest BCUT2D eigenvalue weighted by molar-refractivity contribution is 6.33. The fraction of sp³-hybridized carbons (Fsp3) is 0.133. The van der Waals surface area contributed by atoms with Gasteiger partial charge in [0.25, 0.3) is 0 Å². The first-order chi connectivity index (χ1) is 8.90. The fourth-order valence-corrected chi connectivity index (χ4v) is 2.41. The molecule has 2 nitrogen and oxygen atoms in total. The van der Waals surface area contributed by atoms with Gasteiger partial charge in [0, 0.05) is 0 Å². The van der Waals surface area contributed by atoms with Gasteiger partial charge in [0.1, 0.15) is 5.82 Å². The lowest BCUT2D eigenvalue weighted by Crippen LogP contribution is -1.99. The third-order valence-electron chi connectivity index (χ3n) is 2.98. The summed E-state index contributed by atoms with van der Waals surface area (Å²) in [4.78, 5) is 11.1. The summed E-state index contributed by atoms with van der Waals surface area (Å²) in [6.45, 7) is 3.58. The zero-order valence-electron chi connectivity index (χ0n) is 10.5. The molecule has 0 spiro atoms. The maximum absolute atomic E-state index is 13.3. The summed E-state index contributed by atoms with van der Waals surface area (Å²) in [6, 6.07) is 7.65. The lowest BCUT2D eigenvalue weighted by Gasteiger charge is -2.11. The number of aromatic carboxylic acids is 1. The number of hydrogen-bond donors (Lipinski definition) is 1. The summed E-state index contributed by atoms with van der Waals surface area (Å²) in [6.07, 6.45) is 0. The van der Waals surface area contributed by atoms with E-state index in [0.717, 1.165) is 22.3 Å². The minimum Gasteiger partial charge on any atom is -0.478 e. The van der Waals surface area contributed by atoms with Gasteiger partial charge in [0.05, 0.1) is 10.6 Å². The summed E-state index contributed by atoms with van der Waals surface area (Å²) in [7, 11) is 0. The molecular formula is C15H12ClFO2. The molecule has 0 amide bonds. The molecule has 2 rings (SSSR count). The van der Waals surface area contributed by atoms with Gasteiger partial charge < -0.3 is 5.11 Å². The molecule has 0 atom stereocenters. The molecule has 4 heteroatoms. The van der Waals surface area contributed by atoms with Crippen LogP contribution < -0.4 is 0 Å². The Morgan fingerprint density at radius 3 is 2.26 bits per heavy atom. The summed E-state index contributed by atoms with van der Waals surface area (Å²) >= 11 is 5.84. The highest BCUT2D eigenvalue weighted by Crippen LogP contribution is 2.31. The Hall–Kier alpha value is -1.87. The van der Waals surface area contributed by atoms with Gasteiger partial charge in [-0.15, -0.1) is 0 Å². The van der Waals surface area contributed by atoms with Crippen molar-refractivity contribution >= 4 is 17.6 Å². The molecule has 0 aliphatic rings. The van der Waals surface area contributed by atoms with Crippen molar-refractivity contribution in [3.05, 3.63) is 57.9 Å². The summed E-state index contributed by atoms with van der Waals surface area (Å²) in [5, 5.41) is 9.26. The van der Waals surface area contributed by atoms with E-state index in [-0.39, 0.29) is 16.4 Å². The van der Waals surface area contributed by atoms with Crippen LogP contribution in [0.1, 0.15) is 21.5 Å². The van der Waals surface area contributed by atoms with Crippen molar-refractivity contribution in [2.75, 3.05) is 0 Å². The molecule has 19 heavy (non-hydrogen) atoms. The number of carboxylic acids is 1. The Labute approximate surface area is 115 Å². The van der Waals surface area contributed by atoms with Crippen LogP contribution in [0, 0.1) is 19.7 Å². The van der Waals surface area contributed by atoms with Gasteiger partial charge in [-0.1, -0.05) is 17.7 Å². The Bertz CT molecular complexity index is 642. The molecule has 0 aliphatic carbocycles. The topological polar surface area (TPSA) is 37.3 Å². The molecule has 0 heterocycles. The predicted octanol–water partition coefficient (Wildman–Crippen LogP) is 4.46. The number of carbonyl (C=O) groups is 1. The number of carboxylic acid groups (broad SMARTS) is 1. The minimum atomic E-state index is -1.08. The Morgan fingerprint density at radius 2 is 1.74 bits per heavy atom. The van der Waals surface area contributed by atoms with E-state index in [1.807, 2.05) is 0 Å². The highest BCUT2D eigenvalue weighted by atomic mass is 35.5. The van der Waals surface area contributed by atoms with Crippen molar-refractivity contribution in [3.63, 3.8) is 0 Å². The van der Waals surface area contributed by atoms with E-state index in [2.05, 4.69) is 0 Å². The van der Waals surface area contributed by atoms with Gasteiger partial charge >= 0.3 is 5.97 Å². The minimum absolute atomic E-state index is 0.0438. The quantitative estimate of drug-likeness (QED) is 0.880. The van der Waals surface area contributed by atoms with Crippen molar-refractivity contribution in [1.82, 2.24) is 0 Å². The normalized spacial score (nSPS) is 10.5. The van der Waals surface area contributed by atoms with Crippen LogP contribution in [0.15, 0.2) is 30.3 Å². The maximum Gasteiger partial charge on any atom is 0.337 e. The molecule has 2 aromatic carbocycles. The summed E-state index contributed by atoms with van der Waals surface area (Å²) in [5.41, 5.74) is 3.12. The Kier molecular flexibility index (Phi) is 3.58. The van der Waals surface area contributed by atoms with E-state index in [4.69, 9.17) is 16.7 Å². The predicted molar refractivity (Wildman–Crippen MR) is 73.3 cm³/mol. The molecule has 0 unspecified atom stereocenters. The highest BCUT2D eigenvalue weighted by Gasteiger charge is 2.13. The molecule has 0 saturated heterocycles. The van der Waals surface area contributed by atoms with Gasteiger partial charge in [-0.05, 0) is 60.4 Å². The summed E-state index contributed by atoms with van der Waals surface area (Å²) in [5.74, 6) is -1.38. The average molecular weight is 279 g/mol. The van der Waals surface area contributed by atoms with E-state index in [0.29, 0.717) is 0 Å². The van der Waals surface area contributed by atoms with E-state index >= 15 is 0 Å². The van der Waals surface area contributed by atoms with Crippen LogP contribution in [0.4, 0.5) is 4.39 Å². The van der Waals surface area contributed by atoms with Crippen LogP contribution in [-0.2, 0) is 0 Å². The molecule has 0 radical (unpaired) electrons. The fourth-order valence-electron chi connectivity index (χ4n) is 2.21. The Morgan fingerprint density at radius 1 is 1.16 bits per heavy atom. The number of halogens is 2. The number of benzene rings is 2. The van der Waals surface area contributed by atoms with Gasteiger partial charge in [-0.25, -0.2) is 9.18 Å². The summed E-state index contributed by atoms with van der Waals surface area (Å²) < 4.78 is 13.3. The number of aryl methyl sites for hydroxylation is 2. The van der Waals surface area contributed by atoms with Crippen molar-refractivity contribution in [2.45, 2.75) is 13.8 Å². The van der Waals surface area contributed by atoms with Crippen LogP contribution in [0.2, 0.25) is 5.02 Å². The molecular weight excluding hydrogens is 267 g/mol. The lowest BCUT2D eigenvalue weighted by molar-refractivity contribution is 0.0697. The van der Waals surface area contributed by atoms with Crippen molar-refractivity contribution in [2.24, 2.45) is 0 Å². The van der Waals surface area contributed by atoms with Gasteiger partial charge in [0.2, 0.25) is 0 Å². The first-order valence-corrected chi connectivity index (χ1v) is 6.08. The second-order valence-corrected chi connectivity index (χ2v) is 4.82. The van der Waals surface area contributed by atoms with Crippen LogP contribution in [0.5, 0.6) is 0 Å². The van der Waals surface area contributed by atoms with E-state index < -0.39 is 5.97 Å². The smallest absolute Gasteiger partial charge is 0.337 e. The third kappa shape index (κ3) is 2.61. The van der Waals surface area contributed by atoms with E-state index in [1.165, 1.54) is 18.2 Å². The monoisotopic (exact) mass is 278 g/mol. The van der Waals surface area contributed by atoms with Crippen LogP contribution in [0.25, 0.3) is 11.1 Å². The molecule has 0 aliphatic heterocycles. The molecule has 0 fully saturated rings.